The fraction of sp³-hybridized carbons (Fsp3) is 0.909. The van der Waals surface area contributed by atoms with Crippen LogP contribution in [0.3, 0.4) is 0 Å². The van der Waals surface area contributed by atoms with Gasteiger partial charge in [-0.1, -0.05) is 0 Å². The molecule has 8 atom stereocenters. The van der Waals surface area contributed by atoms with Crippen LogP contribution >= 0.6 is 0 Å². The van der Waals surface area contributed by atoms with E-state index in [2.05, 4.69) is 44.7 Å². The van der Waals surface area contributed by atoms with Crippen molar-refractivity contribution in [1.29, 1.82) is 0 Å². The molecule has 0 aromatic heterocycles. The molecule has 0 aromatic carbocycles. The zero-order valence-corrected chi connectivity index (χ0v) is 19.9. The van der Waals surface area contributed by atoms with Crippen LogP contribution in [-0.2, 0) is 31.2 Å². The number of rotatable bonds is 2. The first-order chi connectivity index (χ1) is 12.4. The summed E-state index contributed by atoms with van der Waals surface area (Å²) in [6, 6.07) is 0. The molecule has 0 aromatic rings. The van der Waals surface area contributed by atoms with Crippen LogP contribution in [0.1, 0.15) is 74.1 Å². The molecule has 1 saturated heterocycles. The van der Waals surface area contributed by atoms with Crippen molar-refractivity contribution in [2.45, 2.75) is 92.0 Å². The number of cyclic esters (lactones) is 1. The van der Waals surface area contributed by atoms with Crippen molar-refractivity contribution in [1.82, 2.24) is 0 Å². The Morgan fingerprint density at radius 1 is 1.19 bits per heavy atom. The minimum atomic E-state index is -1.06. The Morgan fingerprint density at radius 2 is 1.78 bits per heavy atom. The number of aliphatic hydroxyl groups is 1. The summed E-state index contributed by atoms with van der Waals surface area (Å²) >= 11 is 2.74. The van der Waals surface area contributed by atoms with Crippen molar-refractivity contribution in [3.05, 3.63) is 0 Å². The molecule has 1 fully saturated rings. The van der Waals surface area contributed by atoms with Gasteiger partial charge in [0.2, 0.25) is 0 Å². The fourth-order valence-electron chi connectivity index (χ4n) is 4.89. The van der Waals surface area contributed by atoms with E-state index in [9.17, 15) is 9.90 Å². The second-order valence-corrected chi connectivity index (χ2v) is 9.97. The number of carbonyl (C=O) groups is 1. The molecule has 0 saturated carbocycles. The Bertz CT molecular complexity index is 505. The quantitative estimate of drug-likeness (QED) is 0.683. The number of carbonyl (C=O) groups excluding carboxylic acids is 1. The summed E-state index contributed by atoms with van der Waals surface area (Å²) in [6.07, 6.45) is 2.60. The van der Waals surface area contributed by atoms with Gasteiger partial charge in [0.05, 0.1) is 0 Å². The van der Waals surface area contributed by atoms with Gasteiger partial charge in [-0.2, -0.15) is 0 Å². The molecule has 1 rings (SSSR count). The average Bonchev–Trinajstić information content (AvgIpc) is 2.57. The zero-order chi connectivity index (χ0) is 20.9. The summed E-state index contributed by atoms with van der Waals surface area (Å²) in [5.41, 5.74) is -1.06. The second kappa shape index (κ2) is 10.6. The third kappa shape index (κ3) is 6.70. The van der Waals surface area contributed by atoms with Gasteiger partial charge in [-0.05, 0) is 0 Å². The molecule has 0 amide bonds. The number of ether oxygens (including phenoxy) is 2. The number of methoxy groups -OCH3 is 1. The molecular formula is C22H40O4V. The average molecular weight is 420 g/mol. The normalized spacial score (nSPS) is 43.0. The van der Waals surface area contributed by atoms with E-state index in [0.717, 1.165) is 12.8 Å². The Labute approximate surface area is 175 Å². The molecule has 157 valence electrons. The molecule has 4 nitrogen and oxygen atoms in total. The monoisotopic (exact) mass is 419 g/mol. The standard InChI is InChI=1S/C22H40O4.V/c1-9-19-22(7,24)13-16(4)11-14(2)10-15(3)12-17(5)20(25-8)18(6)21(23)26-19;/h14-20,24H,9-10,12-13H2,1-8H3;/t14-,15+,16+,17?,18?,19?,20?,22+;/m1./s1. The number of hydrogen-bond donors (Lipinski definition) is 1. The van der Waals surface area contributed by atoms with Gasteiger partial charge < -0.3 is 0 Å². The van der Waals surface area contributed by atoms with Gasteiger partial charge in [0.25, 0.3) is 0 Å². The molecule has 0 aliphatic carbocycles. The molecule has 1 heterocycles. The van der Waals surface area contributed by atoms with Crippen LogP contribution in [0.5, 0.6) is 0 Å². The van der Waals surface area contributed by atoms with Crippen molar-refractivity contribution in [3.63, 3.8) is 0 Å². The van der Waals surface area contributed by atoms with E-state index in [-0.39, 0.29) is 29.8 Å². The number of esters is 1. The van der Waals surface area contributed by atoms with Crippen LogP contribution in [0.4, 0.5) is 0 Å². The molecule has 4 unspecified atom stereocenters. The predicted molar refractivity (Wildman–Crippen MR) is 106 cm³/mol. The van der Waals surface area contributed by atoms with Gasteiger partial charge >= 0.3 is 175 Å². The molecule has 1 aliphatic heterocycles. The van der Waals surface area contributed by atoms with Gasteiger partial charge in [0.15, 0.2) is 0 Å². The molecule has 5 heteroatoms. The van der Waals surface area contributed by atoms with E-state index in [1.807, 2.05) is 13.8 Å². The maximum absolute atomic E-state index is 12.8. The molecule has 1 N–H and O–H groups in total. The van der Waals surface area contributed by atoms with Gasteiger partial charge in [0.1, 0.15) is 0 Å². The summed E-state index contributed by atoms with van der Waals surface area (Å²) in [5.74, 6) is 0.888. The van der Waals surface area contributed by atoms with Crippen molar-refractivity contribution in [3.8, 4) is 0 Å². The number of hydrogen-bond acceptors (Lipinski definition) is 4. The van der Waals surface area contributed by atoms with E-state index in [1.54, 1.807) is 14.0 Å². The van der Waals surface area contributed by atoms with Crippen LogP contribution in [0.15, 0.2) is 0 Å². The summed E-state index contributed by atoms with van der Waals surface area (Å²) in [6.45, 7) is 14.5. The topological polar surface area (TPSA) is 55.8 Å². The van der Waals surface area contributed by atoms with Crippen LogP contribution in [-0.4, -0.2) is 40.2 Å². The molecule has 27 heavy (non-hydrogen) atoms. The fourth-order valence-corrected chi connectivity index (χ4v) is 5.20. The van der Waals surface area contributed by atoms with E-state index in [0.29, 0.717) is 24.7 Å². The summed E-state index contributed by atoms with van der Waals surface area (Å²) in [7, 11) is 1.67. The van der Waals surface area contributed by atoms with E-state index in [1.165, 1.54) is 4.23 Å². The van der Waals surface area contributed by atoms with Crippen molar-refractivity contribution in [2.24, 2.45) is 29.6 Å². The Balaban J connectivity index is 3.20. The zero-order valence-electron chi connectivity index (χ0n) is 18.5. The van der Waals surface area contributed by atoms with Gasteiger partial charge in [0, 0.05) is 0 Å². The minimum absolute atomic E-state index is 0.180. The molecule has 1 aliphatic rings. The Kier molecular flexibility index (Phi) is 9.74. The van der Waals surface area contributed by atoms with Crippen LogP contribution in [0.25, 0.3) is 0 Å². The van der Waals surface area contributed by atoms with Crippen molar-refractivity contribution < 1.29 is 36.4 Å². The SMILES string of the molecule is CCC1OC(=O)C(C)C(OC)C(C)C[C@@H](C)C[C@@H](C)[C](=[V])[C@H](C)C[C@]1(C)O. The second-order valence-electron chi connectivity index (χ2n) is 9.16. The maximum atomic E-state index is 12.8. The third-order valence-electron chi connectivity index (χ3n) is 6.28. The van der Waals surface area contributed by atoms with E-state index in [4.69, 9.17) is 9.47 Å². The van der Waals surface area contributed by atoms with Crippen LogP contribution < -0.4 is 0 Å². The summed E-state index contributed by atoms with van der Waals surface area (Å²) < 4.78 is 12.9. The molecule has 0 spiro atoms. The molecule has 0 bridgehead atoms. The molecule has 0 radical (unpaired) electrons. The Morgan fingerprint density at radius 3 is 2.30 bits per heavy atom. The Hall–Kier alpha value is -0.156. The van der Waals surface area contributed by atoms with E-state index >= 15 is 0 Å². The summed E-state index contributed by atoms with van der Waals surface area (Å²) in [4.78, 5) is 12.8. The van der Waals surface area contributed by atoms with Crippen molar-refractivity contribution >= 4 is 10.2 Å². The summed E-state index contributed by atoms with van der Waals surface area (Å²) in [5, 5.41) is 11.1. The van der Waals surface area contributed by atoms with Crippen LogP contribution in [0, 0.1) is 29.6 Å². The third-order valence-corrected chi connectivity index (χ3v) is 7.66. The van der Waals surface area contributed by atoms with E-state index < -0.39 is 11.7 Å². The molecular weight excluding hydrogens is 379 g/mol. The predicted octanol–water partition coefficient (Wildman–Crippen LogP) is 4.16. The van der Waals surface area contributed by atoms with Crippen LogP contribution in [0.2, 0.25) is 0 Å². The first kappa shape index (κ1) is 24.9. The van der Waals surface area contributed by atoms with Gasteiger partial charge in [-0.15, -0.1) is 0 Å². The van der Waals surface area contributed by atoms with Crippen molar-refractivity contribution in [2.75, 3.05) is 7.11 Å². The van der Waals surface area contributed by atoms with Gasteiger partial charge in [-0.25, -0.2) is 0 Å². The van der Waals surface area contributed by atoms with Gasteiger partial charge in [-0.3, -0.25) is 0 Å². The first-order valence-corrected chi connectivity index (χ1v) is 11.2. The first-order valence-electron chi connectivity index (χ1n) is 10.5.